The summed E-state index contributed by atoms with van der Waals surface area (Å²) in [6.45, 7) is 1.21. The lowest BCUT2D eigenvalue weighted by Crippen LogP contribution is -2.46. The van der Waals surface area contributed by atoms with Gasteiger partial charge >= 0.3 is 12.4 Å². The zero-order chi connectivity index (χ0) is 22.1. The fourth-order valence-electron chi connectivity index (χ4n) is 3.05. The normalized spacial score (nSPS) is 15.0. The van der Waals surface area contributed by atoms with Crippen LogP contribution < -0.4 is 5.32 Å². The number of rotatable bonds is 2. The molecule has 0 bridgehead atoms. The van der Waals surface area contributed by atoms with Crippen molar-refractivity contribution in [2.45, 2.75) is 12.4 Å². The first-order chi connectivity index (χ1) is 14.0. The second-order valence-electron chi connectivity index (χ2n) is 6.51. The summed E-state index contributed by atoms with van der Waals surface area (Å²) in [6.07, 6.45) is -9.63. The molecule has 2 aromatic rings. The van der Waals surface area contributed by atoms with E-state index in [1.54, 1.807) is 6.07 Å². The van der Waals surface area contributed by atoms with E-state index in [2.05, 4.69) is 10.3 Å². The molecule has 0 spiro atoms. The monoisotopic (exact) mass is 428 g/mol. The van der Waals surface area contributed by atoms with Gasteiger partial charge in [-0.15, -0.1) is 0 Å². The summed E-state index contributed by atoms with van der Waals surface area (Å²) >= 11 is 0. The molecule has 1 fully saturated rings. The van der Waals surface area contributed by atoms with Gasteiger partial charge in [0.25, 0.3) is 5.91 Å². The van der Waals surface area contributed by atoms with Gasteiger partial charge in [-0.25, -0.2) is 4.98 Å². The van der Waals surface area contributed by atoms with Gasteiger partial charge in [-0.2, -0.15) is 31.6 Å². The number of carbonyl (C=O) groups excluding carboxylic acids is 1. The van der Waals surface area contributed by atoms with Gasteiger partial charge in [0.2, 0.25) is 0 Å². The van der Waals surface area contributed by atoms with Crippen LogP contribution in [0.2, 0.25) is 0 Å². The maximum absolute atomic E-state index is 13.7. The molecule has 0 unspecified atom stereocenters. The second-order valence-corrected chi connectivity index (χ2v) is 6.51. The quantitative estimate of drug-likeness (QED) is 0.741. The third-order valence-corrected chi connectivity index (χ3v) is 4.53. The van der Waals surface area contributed by atoms with Gasteiger partial charge in [0, 0.05) is 31.7 Å². The largest absolute Gasteiger partial charge is 0.434 e. The van der Waals surface area contributed by atoms with Gasteiger partial charge in [0.1, 0.15) is 6.07 Å². The van der Waals surface area contributed by atoms with Crippen LogP contribution in [-0.4, -0.2) is 42.0 Å². The number of nitriles is 1. The Labute approximate surface area is 166 Å². The molecular formula is C19H14F6N4O. The number of pyridine rings is 1. The van der Waals surface area contributed by atoms with Gasteiger partial charge in [0.05, 0.1) is 22.4 Å². The molecular weight excluding hydrogens is 414 g/mol. The lowest BCUT2D eigenvalue weighted by atomic mass is 10.0. The standard InChI is InChI=1S/C19H14F6N4O/c20-18(21,22)13-3-1-11(2-4-13)15-12(10-26)9-14(16(28-15)19(23,24)25)17(30)29-7-5-27-6-8-29/h1-4,9,27H,5-8H2. The average molecular weight is 428 g/mol. The van der Waals surface area contributed by atoms with Gasteiger partial charge in [-0.05, 0) is 18.2 Å². The molecule has 1 aliphatic heterocycles. The predicted octanol–water partition coefficient (Wildman–Crippen LogP) is 3.70. The van der Waals surface area contributed by atoms with Crippen LogP contribution in [0.1, 0.15) is 27.2 Å². The second kappa shape index (κ2) is 7.95. The van der Waals surface area contributed by atoms with Crippen molar-refractivity contribution in [2.75, 3.05) is 26.2 Å². The molecule has 1 aliphatic rings. The number of aromatic nitrogens is 1. The van der Waals surface area contributed by atoms with Crippen molar-refractivity contribution >= 4 is 5.91 Å². The molecule has 30 heavy (non-hydrogen) atoms. The number of hydrogen-bond donors (Lipinski definition) is 1. The molecule has 0 radical (unpaired) electrons. The summed E-state index contributed by atoms with van der Waals surface area (Å²) in [7, 11) is 0. The highest BCUT2D eigenvalue weighted by molar-refractivity contribution is 5.96. The van der Waals surface area contributed by atoms with E-state index in [4.69, 9.17) is 0 Å². The zero-order valence-corrected chi connectivity index (χ0v) is 15.2. The molecule has 1 N–H and O–H groups in total. The van der Waals surface area contributed by atoms with E-state index in [1.165, 1.54) is 4.90 Å². The molecule has 2 heterocycles. The minimum Gasteiger partial charge on any atom is -0.336 e. The molecule has 5 nitrogen and oxygen atoms in total. The Balaban J connectivity index is 2.12. The van der Waals surface area contributed by atoms with Crippen LogP contribution in [0.4, 0.5) is 26.3 Å². The van der Waals surface area contributed by atoms with Crippen LogP contribution >= 0.6 is 0 Å². The summed E-state index contributed by atoms with van der Waals surface area (Å²) in [5.41, 5.74) is -4.15. The van der Waals surface area contributed by atoms with E-state index in [0.717, 1.165) is 18.2 Å². The summed E-state index contributed by atoms with van der Waals surface area (Å²) in [5.74, 6) is -0.910. The first-order valence-corrected chi connectivity index (χ1v) is 8.72. The third kappa shape index (κ3) is 4.38. The summed E-state index contributed by atoms with van der Waals surface area (Å²) in [6, 6.07) is 5.72. The van der Waals surface area contributed by atoms with Crippen molar-refractivity contribution in [3.8, 4) is 17.3 Å². The van der Waals surface area contributed by atoms with Crippen molar-refractivity contribution in [1.82, 2.24) is 15.2 Å². The maximum Gasteiger partial charge on any atom is 0.434 e. The average Bonchev–Trinajstić information content (AvgIpc) is 2.71. The van der Waals surface area contributed by atoms with E-state index >= 15 is 0 Å². The SMILES string of the molecule is N#Cc1cc(C(=O)N2CCNCC2)c(C(F)(F)F)nc1-c1ccc(C(F)(F)F)cc1. The Morgan fingerprint density at radius 2 is 1.63 bits per heavy atom. The lowest BCUT2D eigenvalue weighted by Gasteiger charge is -2.28. The molecule has 1 aromatic heterocycles. The number of nitrogens with zero attached hydrogens (tertiary/aromatic N) is 3. The summed E-state index contributed by atoms with van der Waals surface area (Å²) in [5, 5.41) is 12.4. The van der Waals surface area contributed by atoms with E-state index in [-0.39, 0.29) is 24.2 Å². The molecule has 3 rings (SSSR count). The number of halogens is 6. The Kier molecular flexibility index (Phi) is 5.72. The van der Waals surface area contributed by atoms with Gasteiger partial charge in [-0.3, -0.25) is 4.79 Å². The van der Waals surface area contributed by atoms with Crippen molar-refractivity contribution in [1.29, 1.82) is 5.26 Å². The zero-order valence-electron chi connectivity index (χ0n) is 15.2. The molecule has 158 valence electrons. The molecule has 11 heteroatoms. The highest BCUT2D eigenvalue weighted by Crippen LogP contribution is 2.36. The first kappa shape index (κ1) is 21.6. The number of benzene rings is 1. The molecule has 0 aliphatic carbocycles. The number of nitrogens with one attached hydrogen (secondary N) is 1. The molecule has 1 amide bonds. The fourth-order valence-corrected chi connectivity index (χ4v) is 3.05. The lowest BCUT2D eigenvalue weighted by molar-refractivity contribution is -0.141. The van der Waals surface area contributed by atoms with Crippen LogP contribution in [-0.2, 0) is 12.4 Å². The number of piperazine rings is 1. The van der Waals surface area contributed by atoms with Gasteiger partial charge < -0.3 is 10.2 Å². The van der Waals surface area contributed by atoms with E-state index in [0.29, 0.717) is 25.2 Å². The van der Waals surface area contributed by atoms with Crippen molar-refractivity contribution in [3.63, 3.8) is 0 Å². The van der Waals surface area contributed by atoms with Crippen LogP contribution in [0.25, 0.3) is 11.3 Å². The van der Waals surface area contributed by atoms with Crippen LogP contribution in [0, 0.1) is 11.3 Å². The Bertz CT molecular complexity index is 986. The minimum atomic E-state index is -5.01. The maximum atomic E-state index is 13.7. The molecule has 0 saturated carbocycles. The molecule has 1 saturated heterocycles. The summed E-state index contributed by atoms with van der Waals surface area (Å²) < 4.78 is 79.2. The third-order valence-electron chi connectivity index (χ3n) is 4.53. The Morgan fingerprint density at radius 1 is 1.03 bits per heavy atom. The Morgan fingerprint density at radius 3 is 2.13 bits per heavy atom. The van der Waals surface area contributed by atoms with Crippen molar-refractivity contribution in [2.24, 2.45) is 0 Å². The number of hydrogen-bond acceptors (Lipinski definition) is 4. The predicted molar refractivity (Wildman–Crippen MR) is 93.2 cm³/mol. The molecule has 0 atom stereocenters. The van der Waals surface area contributed by atoms with Crippen LogP contribution in [0.5, 0.6) is 0 Å². The van der Waals surface area contributed by atoms with E-state index < -0.39 is 40.8 Å². The van der Waals surface area contributed by atoms with E-state index in [9.17, 15) is 36.4 Å². The van der Waals surface area contributed by atoms with Crippen LogP contribution in [0.3, 0.4) is 0 Å². The smallest absolute Gasteiger partial charge is 0.336 e. The minimum absolute atomic E-state index is 0.105. The molecule has 1 aromatic carbocycles. The summed E-state index contributed by atoms with van der Waals surface area (Å²) in [4.78, 5) is 17.4. The van der Waals surface area contributed by atoms with Crippen molar-refractivity contribution < 1.29 is 31.1 Å². The first-order valence-electron chi connectivity index (χ1n) is 8.72. The number of amides is 1. The highest BCUT2D eigenvalue weighted by Gasteiger charge is 2.39. The van der Waals surface area contributed by atoms with Gasteiger partial charge in [0.15, 0.2) is 5.69 Å². The highest BCUT2D eigenvalue weighted by atomic mass is 19.4. The number of alkyl halides is 6. The Hall–Kier alpha value is -3.13. The van der Waals surface area contributed by atoms with E-state index in [1.807, 2.05) is 0 Å². The van der Waals surface area contributed by atoms with Crippen LogP contribution in [0.15, 0.2) is 30.3 Å². The van der Waals surface area contributed by atoms with Crippen molar-refractivity contribution in [3.05, 3.63) is 52.7 Å². The van der Waals surface area contributed by atoms with Gasteiger partial charge in [-0.1, -0.05) is 12.1 Å². The number of carbonyl (C=O) groups is 1. The topological polar surface area (TPSA) is 69.0 Å². The fraction of sp³-hybridized carbons (Fsp3) is 0.316.